The number of unbranched alkanes of at least 4 members (excludes halogenated alkanes) is 11. The van der Waals surface area contributed by atoms with Crippen molar-refractivity contribution in [3.05, 3.63) is 29.8 Å². The standard InChI is InChI=1S/C32H58NO6P/c1-6-7-8-9-10-11-12-13-14-15-16-17-24-37-32-21-19-30(20-22-32)27-31(26-29(2)34)28-39-40(35,36)38-25-18-23-33(3,4)5/h19-22,31H,6-18,23-28H2,1-5H3/p+1. The number of ether oxygens (including phenoxy) is 1. The molecule has 0 aliphatic heterocycles. The van der Waals surface area contributed by atoms with Gasteiger partial charge in [0.15, 0.2) is 0 Å². The van der Waals surface area contributed by atoms with E-state index in [-0.39, 0.29) is 31.3 Å². The number of hydrogen-bond donors (Lipinski definition) is 1. The molecule has 232 valence electrons. The molecule has 0 aliphatic carbocycles. The number of phosphoric ester groups is 1. The van der Waals surface area contributed by atoms with Crippen molar-refractivity contribution in [1.82, 2.24) is 0 Å². The van der Waals surface area contributed by atoms with E-state index in [0.29, 0.717) is 12.8 Å². The Bertz CT molecular complexity index is 824. The highest BCUT2D eigenvalue weighted by Crippen LogP contribution is 2.44. The molecule has 40 heavy (non-hydrogen) atoms. The molecule has 0 amide bonds. The van der Waals surface area contributed by atoms with Crippen molar-refractivity contribution in [3.8, 4) is 5.75 Å². The van der Waals surface area contributed by atoms with Crippen molar-refractivity contribution in [2.45, 2.75) is 110 Å². The van der Waals surface area contributed by atoms with Gasteiger partial charge in [-0.1, -0.05) is 89.7 Å². The number of nitrogens with zero attached hydrogens (tertiary/aromatic N) is 1. The number of quaternary nitrogens is 1. The Morgan fingerprint density at radius 1 is 0.825 bits per heavy atom. The molecule has 0 heterocycles. The second-order valence-electron chi connectivity index (χ2n) is 12.3. The predicted octanol–water partition coefficient (Wildman–Crippen LogP) is 8.13. The molecule has 0 fully saturated rings. The first kappa shape index (κ1) is 36.8. The Kier molecular flexibility index (Phi) is 19.7. The Balaban J connectivity index is 2.28. The second-order valence-corrected chi connectivity index (χ2v) is 13.8. The van der Waals surface area contributed by atoms with Crippen LogP contribution in [0.25, 0.3) is 0 Å². The van der Waals surface area contributed by atoms with Gasteiger partial charge in [0.1, 0.15) is 11.5 Å². The maximum Gasteiger partial charge on any atom is 0.472 e. The average molecular weight is 585 g/mol. The molecule has 0 saturated heterocycles. The van der Waals surface area contributed by atoms with Gasteiger partial charge in [0.2, 0.25) is 0 Å². The second kappa shape index (κ2) is 21.5. The maximum absolute atomic E-state index is 12.3. The summed E-state index contributed by atoms with van der Waals surface area (Å²) in [5.74, 6) is 0.654. The van der Waals surface area contributed by atoms with Crippen LogP contribution in [0.15, 0.2) is 24.3 Å². The SMILES string of the molecule is CCCCCCCCCCCCCCOc1ccc(CC(COP(=O)(O)OCCC[N+](C)(C)C)CC(C)=O)cc1. The number of phosphoric acid groups is 1. The van der Waals surface area contributed by atoms with Crippen LogP contribution in [0.2, 0.25) is 0 Å². The molecule has 0 aromatic heterocycles. The van der Waals surface area contributed by atoms with Crippen LogP contribution >= 0.6 is 7.82 Å². The molecule has 1 rings (SSSR count). The molecule has 0 aliphatic rings. The van der Waals surface area contributed by atoms with Crippen molar-refractivity contribution in [3.63, 3.8) is 0 Å². The van der Waals surface area contributed by atoms with Crippen LogP contribution in [0.1, 0.15) is 109 Å². The summed E-state index contributed by atoms with van der Waals surface area (Å²) in [6, 6.07) is 7.89. The lowest BCUT2D eigenvalue weighted by molar-refractivity contribution is -0.870. The molecule has 1 aromatic carbocycles. The van der Waals surface area contributed by atoms with Gasteiger partial charge in [-0.15, -0.1) is 0 Å². The van der Waals surface area contributed by atoms with Crippen molar-refractivity contribution in [2.75, 3.05) is 47.5 Å². The summed E-state index contributed by atoms with van der Waals surface area (Å²) >= 11 is 0. The van der Waals surface area contributed by atoms with Crippen LogP contribution in [-0.4, -0.2) is 62.7 Å². The Labute approximate surface area is 245 Å². The maximum atomic E-state index is 12.3. The third-order valence-electron chi connectivity index (χ3n) is 6.99. The third kappa shape index (κ3) is 21.5. The molecule has 1 N–H and O–H groups in total. The van der Waals surface area contributed by atoms with Crippen LogP contribution in [-0.2, 0) is 24.8 Å². The van der Waals surface area contributed by atoms with Gasteiger partial charge in [0.25, 0.3) is 0 Å². The molecule has 2 unspecified atom stereocenters. The van der Waals surface area contributed by atoms with E-state index >= 15 is 0 Å². The average Bonchev–Trinajstić information content (AvgIpc) is 2.88. The van der Waals surface area contributed by atoms with E-state index in [1.54, 1.807) is 0 Å². The van der Waals surface area contributed by atoms with Crippen molar-refractivity contribution in [1.29, 1.82) is 0 Å². The van der Waals surface area contributed by atoms with E-state index < -0.39 is 7.82 Å². The third-order valence-corrected chi connectivity index (χ3v) is 7.98. The smallest absolute Gasteiger partial charge is 0.472 e. The first-order chi connectivity index (χ1) is 19.0. The van der Waals surface area contributed by atoms with E-state index in [1.807, 2.05) is 24.3 Å². The summed E-state index contributed by atoms with van der Waals surface area (Å²) in [6.07, 6.45) is 17.4. The zero-order chi connectivity index (χ0) is 29.7. The lowest BCUT2D eigenvalue weighted by Crippen LogP contribution is -2.35. The van der Waals surface area contributed by atoms with Gasteiger partial charge in [-0.2, -0.15) is 0 Å². The zero-order valence-electron chi connectivity index (χ0n) is 26.2. The summed E-state index contributed by atoms with van der Waals surface area (Å²) in [5, 5.41) is 0. The van der Waals surface area contributed by atoms with E-state index in [2.05, 4.69) is 28.1 Å². The molecular formula is C32H59NO6P+. The van der Waals surface area contributed by atoms with E-state index in [1.165, 1.54) is 77.6 Å². The topological polar surface area (TPSA) is 82.1 Å². The first-order valence-electron chi connectivity index (χ1n) is 15.6. The van der Waals surface area contributed by atoms with Crippen LogP contribution in [0.5, 0.6) is 5.75 Å². The number of carbonyl (C=O) groups is 1. The van der Waals surface area contributed by atoms with Gasteiger partial charge in [-0.25, -0.2) is 4.57 Å². The number of Topliss-reactive ketones (excluding diaryl/α,β-unsaturated/α-hetero) is 1. The highest BCUT2D eigenvalue weighted by molar-refractivity contribution is 7.47. The number of ketones is 1. The number of hydrogen-bond acceptors (Lipinski definition) is 5. The van der Waals surface area contributed by atoms with Gasteiger partial charge >= 0.3 is 7.82 Å². The van der Waals surface area contributed by atoms with Crippen LogP contribution < -0.4 is 4.74 Å². The fraction of sp³-hybridized carbons (Fsp3) is 0.781. The Morgan fingerprint density at radius 2 is 1.38 bits per heavy atom. The molecule has 1 aromatic rings. The van der Waals surface area contributed by atoms with Gasteiger partial charge in [-0.3, -0.25) is 9.05 Å². The summed E-state index contributed by atoms with van der Waals surface area (Å²) in [6.45, 7) is 5.48. The molecule has 0 saturated carbocycles. The quantitative estimate of drug-likeness (QED) is 0.0672. The zero-order valence-corrected chi connectivity index (χ0v) is 27.1. The minimum absolute atomic E-state index is 0.0140. The van der Waals surface area contributed by atoms with Gasteiger partial charge in [-0.05, 0) is 43.4 Å². The first-order valence-corrected chi connectivity index (χ1v) is 17.1. The van der Waals surface area contributed by atoms with Crippen molar-refractivity contribution >= 4 is 13.6 Å². The van der Waals surface area contributed by atoms with E-state index in [0.717, 1.165) is 35.4 Å². The Morgan fingerprint density at radius 3 is 1.90 bits per heavy atom. The lowest BCUT2D eigenvalue weighted by Gasteiger charge is -2.24. The number of rotatable bonds is 26. The molecule has 8 heteroatoms. The minimum Gasteiger partial charge on any atom is -0.494 e. The molecular weight excluding hydrogens is 525 g/mol. The minimum atomic E-state index is -4.16. The summed E-state index contributed by atoms with van der Waals surface area (Å²) in [7, 11) is 2.01. The summed E-state index contributed by atoms with van der Waals surface area (Å²) < 4.78 is 29.3. The summed E-state index contributed by atoms with van der Waals surface area (Å²) in [5.41, 5.74) is 1.03. The number of benzene rings is 1. The largest absolute Gasteiger partial charge is 0.494 e. The van der Waals surface area contributed by atoms with E-state index in [9.17, 15) is 14.3 Å². The van der Waals surface area contributed by atoms with Crippen molar-refractivity contribution < 1.29 is 32.5 Å². The Hall–Kier alpha value is -1.24. The highest BCUT2D eigenvalue weighted by Gasteiger charge is 2.24. The monoisotopic (exact) mass is 584 g/mol. The highest BCUT2D eigenvalue weighted by atomic mass is 31.2. The molecule has 0 radical (unpaired) electrons. The lowest BCUT2D eigenvalue weighted by atomic mass is 9.95. The van der Waals surface area contributed by atoms with Gasteiger partial charge in [0.05, 0.1) is 47.5 Å². The normalized spacial score (nSPS) is 14.2. The van der Waals surface area contributed by atoms with Gasteiger partial charge < -0.3 is 18.9 Å². The predicted molar refractivity (Wildman–Crippen MR) is 165 cm³/mol. The molecule has 2 atom stereocenters. The number of carbonyl (C=O) groups excluding carboxylic acids is 1. The van der Waals surface area contributed by atoms with Crippen LogP contribution in [0.3, 0.4) is 0 Å². The van der Waals surface area contributed by atoms with Gasteiger partial charge in [0, 0.05) is 12.8 Å². The molecule has 0 bridgehead atoms. The van der Waals surface area contributed by atoms with Crippen molar-refractivity contribution in [2.24, 2.45) is 5.92 Å². The fourth-order valence-corrected chi connectivity index (χ4v) is 5.57. The van der Waals surface area contributed by atoms with E-state index in [4.69, 9.17) is 13.8 Å². The fourth-order valence-electron chi connectivity index (χ4n) is 4.74. The summed E-state index contributed by atoms with van der Waals surface area (Å²) in [4.78, 5) is 21.8. The van der Waals surface area contributed by atoms with Crippen LogP contribution in [0.4, 0.5) is 0 Å². The molecule has 7 nitrogen and oxygen atoms in total. The molecule has 0 spiro atoms. The van der Waals surface area contributed by atoms with Crippen LogP contribution in [0, 0.1) is 5.92 Å².